The topological polar surface area (TPSA) is 17.1 Å². The van der Waals surface area contributed by atoms with Crippen molar-refractivity contribution in [2.24, 2.45) is 46.3 Å². The molecule has 0 aromatic heterocycles. The molecule has 29 heavy (non-hydrogen) atoms. The summed E-state index contributed by atoms with van der Waals surface area (Å²) in [4.78, 5) is 13.8. The van der Waals surface area contributed by atoms with Crippen LogP contribution in [0.3, 0.4) is 0 Å². The molecule has 4 rings (SSSR count). The second-order valence-corrected chi connectivity index (χ2v) is 11.0. The van der Waals surface area contributed by atoms with Gasteiger partial charge in [-0.15, -0.1) is 0 Å². The maximum Gasteiger partial charge on any atom is 0.139 e. The molecule has 0 aliphatic heterocycles. The van der Waals surface area contributed by atoms with Gasteiger partial charge < -0.3 is 0 Å². The summed E-state index contributed by atoms with van der Waals surface area (Å²) in [5.41, 5.74) is 0.919. The lowest BCUT2D eigenvalue weighted by Crippen LogP contribution is -2.59. The number of hydrogen-bond donors (Lipinski definition) is 0. The van der Waals surface area contributed by atoms with Crippen LogP contribution >= 0.6 is 0 Å². The van der Waals surface area contributed by atoms with E-state index in [0.29, 0.717) is 46.2 Å². The number of unbranched alkanes of at least 4 members (excludes halogenated alkanes) is 1. The summed E-state index contributed by atoms with van der Waals surface area (Å²) in [6.45, 7) is 13.8. The van der Waals surface area contributed by atoms with Crippen molar-refractivity contribution < 1.29 is 4.79 Å². The molecule has 0 spiro atoms. The Kier molecular flexibility index (Phi) is 8.48. The molecule has 0 N–H and O–H groups in total. The second kappa shape index (κ2) is 9.86. The first-order valence-electron chi connectivity index (χ1n) is 13.0. The Morgan fingerprint density at radius 2 is 1.55 bits per heavy atom. The summed E-state index contributed by atoms with van der Waals surface area (Å²) in [6, 6.07) is 0. The number of fused-ring (bicyclic) bond motifs is 5. The molecule has 0 saturated heterocycles. The Hall–Kier alpha value is -0.330. The zero-order chi connectivity index (χ0) is 20.5. The quantitative estimate of drug-likeness (QED) is 0.458. The minimum atomic E-state index is 0. The fourth-order valence-electron chi connectivity index (χ4n) is 8.75. The molecule has 8 atom stereocenters. The molecule has 0 aromatic rings. The number of hydrogen-bond acceptors (Lipinski definition) is 1. The monoisotopic (exact) mass is 404 g/mol. The normalized spacial score (nSPS) is 45.8. The summed E-state index contributed by atoms with van der Waals surface area (Å²) in [5.74, 6) is 4.47. The molecule has 4 aliphatic rings. The van der Waals surface area contributed by atoms with Crippen LogP contribution in [0.15, 0.2) is 0 Å². The Balaban J connectivity index is 0.000000970. The minimum Gasteiger partial charge on any atom is -0.299 e. The molecule has 170 valence electrons. The van der Waals surface area contributed by atoms with E-state index in [4.69, 9.17) is 0 Å². The van der Waals surface area contributed by atoms with Crippen LogP contribution in [0.2, 0.25) is 0 Å². The SMILES string of the molecule is C.CC.CCCCC1CCC2C3C(=O)[C@H](CC)C4CCCC[C@]4(C)C3CC[C@]12C. The van der Waals surface area contributed by atoms with Gasteiger partial charge in [-0.2, -0.15) is 0 Å². The van der Waals surface area contributed by atoms with Gasteiger partial charge >= 0.3 is 0 Å². The fraction of sp³-hybridized carbons (Fsp3) is 0.964. The van der Waals surface area contributed by atoms with Crippen molar-refractivity contribution >= 4 is 5.78 Å². The van der Waals surface area contributed by atoms with E-state index in [9.17, 15) is 4.79 Å². The summed E-state index contributed by atoms with van der Waals surface area (Å²) < 4.78 is 0. The van der Waals surface area contributed by atoms with Gasteiger partial charge in [-0.3, -0.25) is 4.79 Å². The third-order valence-corrected chi connectivity index (χ3v) is 10.2. The molecule has 1 heteroatoms. The molecule has 0 heterocycles. The second-order valence-electron chi connectivity index (χ2n) is 11.0. The molecular formula is C28H52O. The third-order valence-electron chi connectivity index (χ3n) is 10.2. The summed E-state index contributed by atoms with van der Waals surface area (Å²) in [6.07, 6.45) is 16.2. The number of Topliss-reactive ketones (excluding diaryl/α,β-unsaturated/α-hetero) is 1. The molecule has 4 saturated carbocycles. The van der Waals surface area contributed by atoms with E-state index in [1.165, 1.54) is 70.6 Å². The van der Waals surface area contributed by atoms with Crippen molar-refractivity contribution in [1.82, 2.24) is 0 Å². The molecule has 4 fully saturated rings. The van der Waals surface area contributed by atoms with E-state index in [2.05, 4.69) is 27.7 Å². The van der Waals surface area contributed by atoms with Gasteiger partial charge in [0.2, 0.25) is 0 Å². The first-order valence-corrected chi connectivity index (χ1v) is 13.0. The lowest BCUT2D eigenvalue weighted by Gasteiger charge is -2.61. The molecular weight excluding hydrogens is 352 g/mol. The standard InChI is InChI=1S/C25H42O.C2H6.CH4/c1-5-7-10-17-12-13-20-22-21(14-16-24(17,20)3)25(4)15-9-8-11-19(25)18(6-2)23(22)26;1-2;/h17-22H,5-16H2,1-4H3;1-2H3;1H4/t17?,18-,19?,20?,21?,22?,24-,25+;;/m1../s1. The lowest BCUT2D eigenvalue weighted by atomic mass is 9.42. The Morgan fingerprint density at radius 1 is 0.862 bits per heavy atom. The van der Waals surface area contributed by atoms with Gasteiger partial charge in [0.15, 0.2) is 0 Å². The predicted molar refractivity (Wildman–Crippen MR) is 127 cm³/mol. The highest BCUT2D eigenvalue weighted by Gasteiger charge is 2.63. The first kappa shape index (κ1) is 24.9. The van der Waals surface area contributed by atoms with Gasteiger partial charge in [-0.1, -0.05) is 74.7 Å². The molecule has 0 bridgehead atoms. The number of carbonyl (C=O) groups excluding carboxylic acids is 1. The van der Waals surface area contributed by atoms with Crippen LogP contribution < -0.4 is 0 Å². The highest BCUT2D eigenvalue weighted by atomic mass is 16.1. The smallest absolute Gasteiger partial charge is 0.139 e. The van der Waals surface area contributed by atoms with Crippen LogP contribution in [0.4, 0.5) is 0 Å². The van der Waals surface area contributed by atoms with Crippen molar-refractivity contribution in [2.45, 2.75) is 126 Å². The van der Waals surface area contributed by atoms with Gasteiger partial charge in [0.25, 0.3) is 0 Å². The first-order chi connectivity index (χ1) is 13.5. The van der Waals surface area contributed by atoms with E-state index in [1.807, 2.05) is 13.8 Å². The lowest BCUT2D eigenvalue weighted by molar-refractivity contribution is -0.167. The van der Waals surface area contributed by atoms with Crippen LogP contribution in [0, 0.1) is 46.3 Å². The van der Waals surface area contributed by atoms with E-state index in [-0.39, 0.29) is 7.43 Å². The molecule has 0 aromatic carbocycles. The van der Waals surface area contributed by atoms with Crippen LogP contribution in [0.5, 0.6) is 0 Å². The van der Waals surface area contributed by atoms with Crippen LogP contribution in [0.1, 0.15) is 126 Å². The maximum atomic E-state index is 13.8. The van der Waals surface area contributed by atoms with Crippen LogP contribution in [0.25, 0.3) is 0 Å². The predicted octanol–water partition coefficient (Wildman–Crippen LogP) is 8.70. The highest BCUT2D eigenvalue weighted by molar-refractivity contribution is 5.86. The Bertz CT molecular complexity index is 538. The van der Waals surface area contributed by atoms with Crippen LogP contribution in [-0.2, 0) is 4.79 Å². The number of rotatable bonds is 4. The van der Waals surface area contributed by atoms with Gasteiger partial charge in [0.05, 0.1) is 0 Å². The molecule has 1 nitrogen and oxygen atoms in total. The highest BCUT2D eigenvalue weighted by Crippen LogP contribution is 2.68. The van der Waals surface area contributed by atoms with Crippen LogP contribution in [-0.4, -0.2) is 5.78 Å². The summed E-state index contributed by atoms with van der Waals surface area (Å²) in [7, 11) is 0. The molecule has 4 aliphatic carbocycles. The largest absolute Gasteiger partial charge is 0.299 e. The van der Waals surface area contributed by atoms with Gasteiger partial charge in [-0.05, 0) is 85.9 Å². The molecule has 0 radical (unpaired) electrons. The summed E-state index contributed by atoms with van der Waals surface area (Å²) >= 11 is 0. The molecule has 0 amide bonds. The Labute approximate surface area is 183 Å². The van der Waals surface area contributed by atoms with Crippen molar-refractivity contribution in [3.05, 3.63) is 0 Å². The van der Waals surface area contributed by atoms with Crippen molar-refractivity contribution in [2.75, 3.05) is 0 Å². The average molecular weight is 405 g/mol. The Morgan fingerprint density at radius 3 is 2.21 bits per heavy atom. The van der Waals surface area contributed by atoms with Crippen molar-refractivity contribution in [1.29, 1.82) is 0 Å². The molecule has 5 unspecified atom stereocenters. The van der Waals surface area contributed by atoms with E-state index >= 15 is 0 Å². The minimum absolute atomic E-state index is 0. The van der Waals surface area contributed by atoms with Gasteiger partial charge in [0, 0.05) is 11.8 Å². The third kappa shape index (κ3) is 3.87. The average Bonchev–Trinajstić information content (AvgIpc) is 3.04. The van der Waals surface area contributed by atoms with Gasteiger partial charge in [0.1, 0.15) is 5.78 Å². The zero-order valence-corrected chi connectivity index (χ0v) is 19.9. The van der Waals surface area contributed by atoms with E-state index < -0.39 is 0 Å². The van der Waals surface area contributed by atoms with Gasteiger partial charge in [-0.25, -0.2) is 0 Å². The maximum absolute atomic E-state index is 13.8. The van der Waals surface area contributed by atoms with Crippen molar-refractivity contribution in [3.8, 4) is 0 Å². The number of carbonyl (C=O) groups is 1. The summed E-state index contributed by atoms with van der Waals surface area (Å²) in [5, 5.41) is 0. The zero-order valence-electron chi connectivity index (χ0n) is 19.9. The van der Waals surface area contributed by atoms with E-state index in [0.717, 1.165) is 12.3 Å². The fourth-order valence-corrected chi connectivity index (χ4v) is 8.75. The number of ketones is 1. The van der Waals surface area contributed by atoms with Crippen molar-refractivity contribution in [3.63, 3.8) is 0 Å². The van der Waals surface area contributed by atoms with E-state index in [1.54, 1.807) is 0 Å².